The van der Waals surface area contributed by atoms with E-state index in [0.29, 0.717) is 6.67 Å². The van der Waals surface area contributed by atoms with Crippen molar-refractivity contribution >= 4 is 11.8 Å². The van der Waals surface area contributed by atoms with E-state index < -0.39 is 0 Å². The number of hydrogen-bond acceptors (Lipinski definition) is 4. The number of benzene rings is 2. The van der Waals surface area contributed by atoms with Gasteiger partial charge in [0, 0.05) is 44.6 Å². The van der Waals surface area contributed by atoms with Crippen LogP contribution in [0.2, 0.25) is 0 Å². The predicted octanol–water partition coefficient (Wildman–Crippen LogP) is 4.10. The van der Waals surface area contributed by atoms with Crippen molar-refractivity contribution in [2.24, 2.45) is 5.92 Å². The summed E-state index contributed by atoms with van der Waals surface area (Å²) in [6.07, 6.45) is 7.02. The van der Waals surface area contributed by atoms with Crippen LogP contribution in [0.25, 0.3) is 0 Å². The van der Waals surface area contributed by atoms with E-state index in [2.05, 4.69) is 34.1 Å². The molecule has 33 heavy (non-hydrogen) atoms. The van der Waals surface area contributed by atoms with Crippen LogP contribution in [0.15, 0.2) is 60.7 Å². The molecule has 0 aromatic heterocycles. The fourth-order valence-electron chi connectivity index (χ4n) is 6.01. The predicted molar refractivity (Wildman–Crippen MR) is 130 cm³/mol. The highest BCUT2D eigenvalue weighted by Gasteiger charge is 2.44. The molecule has 1 aliphatic carbocycles. The molecule has 0 spiro atoms. The third kappa shape index (κ3) is 4.90. The molecular formula is C28H35N3O2. The molecule has 3 fully saturated rings. The fraction of sp³-hybridized carbons (Fsp3) is 0.500. The molecule has 5 nitrogen and oxygen atoms in total. The van der Waals surface area contributed by atoms with Gasteiger partial charge in [0.05, 0.1) is 12.6 Å². The zero-order valence-corrected chi connectivity index (χ0v) is 19.4. The van der Waals surface area contributed by atoms with Gasteiger partial charge in [-0.3, -0.25) is 24.3 Å². The van der Waals surface area contributed by atoms with Crippen molar-refractivity contribution < 1.29 is 9.59 Å². The Labute approximate surface area is 197 Å². The maximum absolute atomic E-state index is 13.6. The maximum Gasteiger partial charge on any atom is 0.234 e. The molecule has 0 N–H and O–H groups in total. The van der Waals surface area contributed by atoms with Crippen LogP contribution >= 0.6 is 0 Å². The van der Waals surface area contributed by atoms with Crippen LogP contribution in [-0.2, 0) is 9.59 Å². The van der Waals surface area contributed by atoms with Crippen LogP contribution in [0.3, 0.4) is 0 Å². The van der Waals surface area contributed by atoms with E-state index in [1.54, 1.807) is 0 Å². The number of nitrogens with zero attached hydrogens (tertiary/aromatic N) is 3. The van der Waals surface area contributed by atoms with E-state index in [4.69, 9.17) is 0 Å². The largest absolute Gasteiger partial charge is 0.298 e. The first-order valence-corrected chi connectivity index (χ1v) is 12.6. The molecule has 1 saturated carbocycles. The summed E-state index contributed by atoms with van der Waals surface area (Å²) in [5.74, 6) is -0.494. The molecule has 174 valence electrons. The lowest BCUT2D eigenvalue weighted by Crippen LogP contribution is -2.53. The zero-order valence-electron chi connectivity index (χ0n) is 19.4. The highest BCUT2D eigenvalue weighted by atomic mass is 16.2. The molecule has 2 aliphatic heterocycles. The second-order valence-electron chi connectivity index (χ2n) is 9.86. The van der Waals surface area contributed by atoms with E-state index in [0.717, 1.165) is 43.3 Å². The third-order valence-electron chi connectivity index (χ3n) is 7.84. The average Bonchev–Trinajstić information content (AvgIpc) is 3.14. The van der Waals surface area contributed by atoms with Crippen molar-refractivity contribution in [3.05, 3.63) is 71.8 Å². The van der Waals surface area contributed by atoms with Crippen molar-refractivity contribution in [3.63, 3.8) is 0 Å². The Kier molecular flexibility index (Phi) is 6.88. The molecule has 0 radical (unpaired) electrons. The summed E-state index contributed by atoms with van der Waals surface area (Å²) in [6.45, 7) is 4.38. The Bertz CT molecular complexity index is 895. The standard InChI is InChI=1S/C28H35N3O2/c32-26-20-25(27(22-10-4-1-5-11-22)23-12-6-2-7-13-23)28(33)31(26)21-29-16-18-30(19-17-29)24-14-8-3-9-15-24/h1-2,4-7,10-13,24-25,27H,3,8-9,14-21H2. The summed E-state index contributed by atoms with van der Waals surface area (Å²) in [7, 11) is 0. The SMILES string of the molecule is O=C1CC(C(c2ccccc2)c2ccccc2)C(=O)N1CN1CCN(C2CCCCC2)CC1. The van der Waals surface area contributed by atoms with E-state index in [-0.39, 0.29) is 30.1 Å². The summed E-state index contributed by atoms with van der Waals surface area (Å²) < 4.78 is 0. The summed E-state index contributed by atoms with van der Waals surface area (Å²) in [4.78, 5) is 33.0. The van der Waals surface area contributed by atoms with E-state index in [1.165, 1.54) is 37.0 Å². The highest BCUT2D eigenvalue weighted by molar-refractivity contribution is 6.04. The first-order chi connectivity index (χ1) is 16.2. The summed E-state index contributed by atoms with van der Waals surface area (Å²) in [6, 6.07) is 21.0. The number of piperazine rings is 1. The van der Waals surface area contributed by atoms with Gasteiger partial charge in [0.15, 0.2) is 0 Å². The minimum absolute atomic E-state index is 0.0209. The van der Waals surface area contributed by atoms with Crippen molar-refractivity contribution in [3.8, 4) is 0 Å². The van der Waals surface area contributed by atoms with Crippen molar-refractivity contribution in [2.75, 3.05) is 32.8 Å². The number of rotatable bonds is 6. The molecule has 1 atom stereocenters. The van der Waals surface area contributed by atoms with Gasteiger partial charge < -0.3 is 0 Å². The van der Waals surface area contributed by atoms with Crippen molar-refractivity contribution in [2.45, 2.75) is 50.5 Å². The monoisotopic (exact) mass is 445 g/mol. The summed E-state index contributed by atoms with van der Waals surface area (Å²) in [5.41, 5.74) is 2.19. The Morgan fingerprint density at radius 2 is 1.33 bits per heavy atom. The Hall–Kier alpha value is -2.50. The minimum Gasteiger partial charge on any atom is -0.298 e. The van der Waals surface area contributed by atoms with Gasteiger partial charge in [-0.05, 0) is 24.0 Å². The van der Waals surface area contributed by atoms with Crippen molar-refractivity contribution in [1.29, 1.82) is 0 Å². The van der Waals surface area contributed by atoms with Gasteiger partial charge in [-0.2, -0.15) is 0 Å². The van der Waals surface area contributed by atoms with Crippen LogP contribution in [0, 0.1) is 5.92 Å². The first-order valence-electron chi connectivity index (χ1n) is 12.6. The van der Waals surface area contributed by atoms with Crippen LogP contribution in [0.4, 0.5) is 0 Å². The Morgan fingerprint density at radius 3 is 1.91 bits per heavy atom. The first kappa shape index (κ1) is 22.3. The van der Waals surface area contributed by atoms with Crippen LogP contribution < -0.4 is 0 Å². The Morgan fingerprint density at radius 1 is 0.758 bits per heavy atom. The molecule has 5 heteroatoms. The minimum atomic E-state index is -0.342. The molecule has 2 heterocycles. The van der Waals surface area contributed by atoms with Gasteiger partial charge in [0.25, 0.3) is 0 Å². The smallest absolute Gasteiger partial charge is 0.234 e. The molecule has 2 saturated heterocycles. The lowest BCUT2D eigenvalue weighted by Gasteiger charge is -2.41. The van der Waals surface area contributed by atoms with Gasteiger partial charge in [-0.15, -0.1) is 0 Å². The molecule has 0 bridgehead atoms. The molecule has 1 unspecified atom stereocenters. The number of carbonyl (C=O) groups is 2. The van der Waals surface area contributed by atoms with Crippen molar-refractivity contribution in [1.82, 2.24) is 14.7 Å². The molecule has 3 aliphatic rings. The molecule has 2 aromatic rings. The van der Waals surface area contributed by atoms with E-state index in [9.17, 15) is 9.59 Å². The third-order valence-corrected chi connectivity index (χ3v) is 7.84. The van der Waals surface area contributed by atoms with Gasteiger partial charge in [0.1, 0.15) is 0 Å². The van der Waals surface area contributed by atoms with E-state index in [1.807, 2.05) is 36.4 Å². The molecular weight excluding hydrogens is 410 g/mol. The number of hydrogen-bond donors (Lipinski definition) is 0. The molecule has 2 aromatic carbocycles. The van der Waals surface area contributed by atoms with Gasteiger partial charge in [-0.25, -0.2) is 0 Å². The number of likely N-dealkylation sites (tertiary alicyclic amines) is 1. The zero-order chi connectivity index (χ0) is 22.6. The topological polar surface area (TPSA) is 43.9 Å². The van der Waals surface area contributed by atoms with E-state index >= 15 is 0 Å². The maximum atomic E-state index is 13.6. The fourth-order valence-corrected chi connectivity index (χ4v) is 6.01. The summed E-state index contributed by atoms with van der Waals surface area (Å²) in [5, 5.41) is 0. The average molecular weight is 446 g/mol. The van der Waals surface area contributed by atoms with Gasteiger partial charge in [-0.1, -0.05) is 79.9 Å². The lowest BCUT2D eigenvalue weighted by molar-refractivity contribution is -0.142. The second-order valence-corrected chi connectivity index (χ2v) is 9.86. The lowest BCUT2D eigenvalue weighted by atomic mass is 9.80. The molecule has 5 rings (SSSR count). The molecule has 2 amide bonds. The highest BCUT2D eigenvalue weighted by Crippen LogP contribution is 2.38. The Balaban J connectivity index is 1.26. The number of amides is 2. The number of imide groups is 1. The van der Waals surface area contributed by atoms with Gasteiger partial charge >= 0.3 is 0 Å². The number of carbonyl (C=O) groups excluding carboxylic acids is 2. The van der Waals surface area contributed by atoms with Crippen LogP contribution in [0.5, 0.6) is 0 Å². The van der Waals surface area contributed by atoms with Gasteiger partial charge in [0.2, 0.25) is 11.8 Å². The summed E-state index contributed by atoms with van der Waals surface area (Å²) >= 11 is 0. The van der Waals surface area contributed by atoms with Crippen LogP contribution in [0.1, 0.15) is 55.6 Å². The normalized spacial score (nSPS) is 23.5. The van der Waals surface area contributed by atoms with Crippen LogP contribution in [-0.4, -0.2) is 65.4 Å². The second kappa shape index (κ2) is 10.2. The quantitative estimate of drug-likeness (QED) is 0.628.